The number of aromatic nitrogens is 2. The molecule has 0 radical (unpaired) electrons. The van der Waals surface area contributed by atoms with Crippen LogP contribution in [0.25, 0.3) is 0 Å². The minimum Gasteiger partial charge on any atom is -0.489 e. The van der Waals surface area contributed by atoms with Crippen LogP contribution in [0, 0.1) is 0 Å². The maximum absolute atomic E-state index is 12.4. The molecule has 0 saturated heterocycles. The summed E-state index contributed by atoms with van der Waals surface area (Å²) in [6.45, 7) is 5.25. The zero-order chi connectivity index (χ0) is 18.1. The first-order valence-electron chi connectivity index (χ1n) is 8.22. The molecular weight excluding hydrogens is 320 g/mol. The summed E-state index contributed by atoms with van der Waals surface area (Å²) in [6.07, 6.45) is 3.86. The van der Waals surface area contributed by atoms with Gasteiger partial charge in [0.15, 0.2) is 0 Å². The molecular formula is C18H24N4O3. The minimum absolute atomic E-state index is 0.0184. The molecule has 2 N–H and O–H groups in total. The van der Waals surface area contributed by atoms with E-state index in [0.717, 1.165) is 6.42 Å². The lowest BCUT2D eigenvalue weighted by Gasteiger charge is -2.14. The number of hydrogen-bond acceptors (Lipinski definition) is 6. The molecule has 0 aliphatic carbocycles. The fourth-order valence-electron chi connectivity index (χ4n) is 2.07. The second kappa shape index (κ2) is 9.58. The number of para-hydroxylation sites is 2. The van der Waals surface area contributed by atoms with Gasteiger partial charge in [0.2, 0.25) is 5.95 Å². The van der Waals surface area contributed by atoms with Crippen molar-refractivity contribution in [2.45, 2.75) is 26.4 Å². The highest BCUT2D eigenvalue weighted by molar-refractivity contribution is 6.04. The molecule has 134 valence electrons. The molecule has 25 heavy (non-hydrogen) atoms. The quantitative estimate of drug-likeness (QED) is 0.680. The number of anilines is 2. The summed E-state index contributed by atoms with van der Waals surface area (Å²) in [7, 11) is 1.66. The first kappa shape index (κ1) is 18.7. The molecule has 7 heteroatoms. The number of methoxy groups -OCH3 is 1. The largest absolute Gasteiger partial charge is 0.489 e. The lowest BCUT2D eigenvalue weighted by molar-refractivity contribution is 0.102. The van der Waals surface area contributed by atoms with Gasteiger partial charge in [0.05, 0.1) is 17.4 Å². The van der Waals surface area contributed by atoms with Crippen molar-refractivity contribution in [2.24, 2.45) is 0 Å². The standard InChI is InChI=1S/C18H24N4O3/c1-13(2)25-16-8-5-4-7-15(16)22-17(23)14-11-20-18(21-12-14)19-9-6-10-24-3/h4-5,7-8,11-13H,6,9-10H2,1-3H3,(H,22,23)(H,19,20,21). The van der Waals surface area contributed by atoms with Crippen LogP contribution in [-0.4, -0.2) is 42.2 Å². The number of nitrogens with one attached hydrogen (secondary N) is 2. The molecule has 0 spiro atoms. The van der Waals surface area contributed by atoms with Crippen LogP contribution in [-0.2, 0) is 4.74 Å². The summed E-state index contributed by atoms with van der Waals surface area (Å²) in [5.41, 5.74) is 0.991. The van der Waals surface area contributed by atoms with Gasteiger partial charge in [-0.15, -0.1) is 0 Å². The fourth-order valence-corrected chi connectivity index (χ4v) is 2.07. The number of rotatable bonds is 9. The molecule has 1 heterocycles. The normalized spacial score (nSPS) is 10.6. The van der Waals surface area contributed by atoms with E-state index in [4.69, 9.17) is 9.47 Å². The van der Waals surface area contributed by atoms with E-state index in [1.807, 2.05) is 32.0 Å². The van der Waals surface area contributed by atoms with E-state index in [-0.39, 0.29) is 12.0 Å². The van der Waals surface area contributed by atoms with E-state index in [0.29, 0.717) is 36.1 Å². The minimum atomic E-state index is -0.286. The molecule has 2 aromatic rings. The van der Waals surface area contributed by atoms with Gasteiger partial charge in [0.25, 0.3) is 5.91 Å². The Morgan fingerprint density at radius 3 is 2.60 bits per heavy atom. The van der Waals surface area contributed by atoms with Gasteiger partial charge in [-0.2, -0.15) is 0 Å². The van der Waals surface area contributed by atoms with Crippen molar-refractivity contribution < 1.29 is 14.3 Å². The summed E-state index contributed by atoms with van der Waals surface area (Å²) < 4.78 is 10.7. The Morgan fingerprint density at radius 2 is 1.92 bits per heavy atom. The fraction of sp³-hybridized carbons (Fsp3) is 0.389. The van der Waals surface area contributed by atoms with Crippen LogP contribution in [0.1, 0.15) is 30.6 Å². The lowest BCUT2D eigenvalue weighted by atomic mass is 10.2. The topological polar surface area (TPSA) is 85.4 Å². The van der Waals surface area contributed by atoms with Crippen molar-refractivity contribution in [3.8, 4) is 5.75 Å². The average molecular weight is 344 g/mol. The Balaban J connectivity index is 1.97. The Bertz CT molecular complexity index is 674. The molecule has 7 nitrogen and oxygen atoms in total. The molecule has 2 rings (SSSR count). The highest BCUT2D eigenvalue weighted by Crippen LogP contribution is 2.25. The van der Waals surface area contributed by atoms with Crippen LogP contribution < -0.4 is 15.4 Å². The van der Waals surface area contributed by atoms with Gasteiger partial charge < -0.3 is 20.1 Å². The first-order valence-corrected chi connectivity index (χ1v) is 8.22. The van der Waals surface area contributed by atoms with Gasteiger partial charge in [0, 0.05) is 32.7 Å². The summed E-state index contributed by atoms with van der Waals surface area (Å²) >= 11 is 0. The molecule has 0 atom stereocenters. The van der Waals surface area contributed by atoms with E-state index in [1.54, 1.807) is 13.2 Å². The van der Waals surface area contributed by atoms with E-state index >= 15 is 0 Å². The molecule has 1 aromatic carbocycles. The zero-order valence-corrected chi connectivity index (χ0v) is 14.8. The first-order chi connectivity index (χ1) is 12.1. The molecule has 0 aliphatic rings. The zero-order valence-electron chi connectivity index (χ0n) is 14.8. The predicted molar refractivity (Wildman–Crippen MR) is 97.2 cm³/mol. The summed E-state index contributed by atoms with van der Waals surface area (Å²) in [5.74, 6) is 0.824. The Morgan fingerprint density at radius 1 is 1.20 bits per heavy atom. The third-order valence-corrected chi connectivity index (χ3v) is 3.22. The number of carbonyl (C=O) groups is 1. The van der Waals surface area contributed by atoms with E-state index in [2.05, 4.69) is 20.6 Å². The lowest BCUT2D eigenvalue weighted by Crippen LogP contribution is -2.15. The van der Waals surface area contributed by atoms with E-state index in [1.165, 1.54) is 12.4 Å². The third-order valence-electron chi connectivity index (χ3n) is 3.22. The van der Waals surface area contributed by atoms with Gasteiger partial charge in [0.1, 0.15) is 5.75 Å². The van der Waals surface area contributed by atoms with Crippen LogP contribution >= 0.6 is 0 Å². The number of nitrogens with zero attached hydrogens (tertiary/aromatic N) is 2. The van der Waals surface area contributed by atoms with E-state index in [9.17, 15) is 4.79 Å². The maximum atomic E-state index is 12.4. The number of hydrogen-bond donors (Lipinski definition) is 2. The Labute approximate surface area is 147 Å². The van der Waals surface area contributed by atoms with Crippen LogP contribution in [0.4, 0.5) is 11.6 Å². The Kier molecular flexibility index (Phi) is 7.16. The van der Waals surface area contributed by atoms with Gasteiger partial charge in [-0.3, -0.25) is 4.79 Å². The Hall–Kier alpha value is -2.67. The van der Waals surface area contributed by atoms with Gasteiger partial charge in [-0.25, -0.2) is 9.97 Å². The molecule has 0 fully saturated rings. The summed E-state index contributed by atoms with van der Waals surface area (Å²) in [4.78, 5) is 20.7. The second-order valence-electron chi connectivity index (χ2n) is 5.69. The molecule has 1 amide bonds. The smallest absolute Gasteiger partial charge is 0.258 e. The third kappa shape index (κ3) is 6.04. The van der Waals surface area contributed by atoms with Crippen molar-refractivity contribution in [2.75, 3.05) is 30.9 Å². The molecule has 1 aromatic heterocycles. The van der Waals surface area contributed by atoms with Crippen molar-refractivity contribution >= 4 is 17.5 Å². The highest BCUT2D eigenvalue weighted by Gasteiger charge is 2.11. The van der Waals surface area contributed by atoms with Crippen molar-refractivity contribution in [1.29, 1.82) is 0 Å². The van der Waals surface area contributed by atoms with Crippen LogP contribution in [0.2, 0.25) is 0 Å². The number of benzene rings is 1. The number of carbonyl (C=O) groups excluding carboxylic acids is 1. The highest BCUT2D eigenvalue weighted by atomic mass is 16.5. The average Bonchev–Trinajstić information content (AvgIpc) is 2.60. The van der Waals surface area contributed by atoms with Gasteiger partial charge in [-0.05, 0) is 32.4 Å². The second-order valence-corrected chi connectivity index (χ2v) is 5.69. The number of ether oxygens (including phenoxy) is 2. The number of amides is 1. The maximum Gasteiger partial charge on any atom is 0.258 e. The SMILES string of the molecule is COCCCNc1ncc(C(=O)Nc2ccccc2OC(C)C)cn1. The summed E-state index contributed by atoms with van der Waals surface area (Å²) in [5, 5.41) is 5.90. The van der Waals surface area contributed by atoms with Crippen molar-refractivity contribution in [3.63, 3.8) is 0 Å². The predicted octanol–water partition coefficient (Wildman–Crippen LogP) is 2.96. The molecule has 0 bridgehead atoms. The molecule has 0 aliphatic heterocycles. The van der Waals surface area contributed by atoms with Gasteiger partial charge >= 0.3 is 0 Å². The van der Waals surface area contributed by atoms with Crippen LogP contribution in [0.15, 0.2) is 36.7 Å². The van der Waals surface area contributed by atoms with Crippen molar-refractivity contribution in [3.05, 3.63) is 42.2 Å². The molecule has 0 unspecified atom stereocenters. The van der Waals surface area contributed by atoms with E-state index < -0.39 is 0 Å². The van der Waals surface area contributed by atoms with Crippen LogP contribution in [0.5, 0.6) is 5.75 Å². The monoisotopic (exact) mass is 344 g/mol. The van der Waals surface area contributed by atoms with Gasteiger partial charge in [-0.1, -0.05) is 12.1 Å². The molecule has 0 saturated carbocycles. The van der Waals surface area contributed by atoms with Crippen LogP contribution in [0.3, 0.4) is 0 Å². The van der Waals surface area contributed by atoms with Crippen molar-refractivity contribution in [1.82, 2.24) is 9.97 Å². The summed E-state index contributed by atoms with van der Waals surface area (Å²) in [6, 6.07) is 7.31.